The number of rotatable bonds is 4. The molecule has 0 spiro atoms. The molecule has 1 aromatic rings. The Bertz CT molecular complexity index is 436. The first-order chi connectivity index (χ1) is 8.99. The normalized spacial score (nSPS) is 17.4. The number of hydrogen-bond donors (Lipinski definition) is 2. The largest absolute Gasteiger partial charge is 0.356 e. The molecule has 0 saturated carbocycles. The Hall–Kier alpha value is -0.810. The average Bonchev–Trinajstić information content (AvgIpc) is 2.84. The Labute approximate surface area is 123 Å². The van der Waals surface area contributed by atoms with E-state index < -0.39 is 0 Å². The number of nitrogens with one attached hydrogen (secondary N) is 2. The third-order valence-corrected chi connectivity index (χ3v) is 4.24. The molecule has 0 atom stereocenters. The summed E-state index contributed by atoms with van der Waals surface area (Å²) in [5.74, 6) is -0.0456. The number of piperidine rings is 1. The highest BCUT2D eigenvalue weighted by Crippen LogP contribution is 2.20. The predicted molar refractivity (Wildman–Crippen MR) is 80.3 cm³/mol. The molecule has 1 saturated heterocycles. The fourth-order valence-electron chi connectivity index (χ4n) is 2.50. The zero-order chi connectivity index (χ0) is 13.9. The summed E-state index contributed by atoms with van der Waals surface area (Å²) < 4.78 is 0.896. The van der Waals surface area contributed by atoms with Crippen molar-refractivity contribution in [1.29, 1.82) is 0 Å². The van der Waals surface area contributed by atoms with Gasteiger partial charge in [0.05, 0.1) is 0 Å². The number of aromatic amines is 1. The van der Waals surface area contributed by atoms with Gasteiger partial charge in [0.2, 0.25) is 0 Å². The molecule has 5 heteroatoms. The van der Waals surface area contributed by atoms with Crippen LogP contribution in [0.2, 0.25) is 0 Å². The Balaban J connectivity index is 1.88. The van der Waals surface area contributed by atoms with Gasteiger partial charge in [0.15, 0.2) is 0 Å². The van der Waals surface area contributed by atoms with Crippen molar-refractivity contribution in [3.63, 3.8) is 0 Å². The average molecular weight is 328 g/mol. The zero-order valence-corrected chi connectivity index (χ0v) is 13.2. The minimum Gasteiger partial charge on any atom is -0.356 e. The van der Waals surface area contributed by atoms with Gasteiger partial charge in [-0.3, -0.25) is 9.69 Å². The van der Waals surface area contributed by atoms with E-state index in [4.69, 9.17) is 0 Å². The Morgan fingerprint density at radius 2 is 2.11 bits per heavy atom. The molecular weight excluding hydrogens is 306 g/mol. The molecule has 1 fully saturated rings. The number of nitrogens with zero attached hydrogens (tertiary/aromatic N) is 1. The van der Waals surface area contributed by atoms with Gasteiger partial charge in [-0.05, 0) is 61.8 Å². The lowest BCUT2D eigenvalue weighted by atomic mass is 9.98. The van der Waals surface area contributed by atoms with Gasteiger partial charge in [0.25, 0.3) is 5.91 Å². The van der Waals surface area contributed by atoms with Gasteiger partial charge in [-0.15, -0.1) is 0 Å². The monoisotopic (exact) mass is 327 g/mol. The number of amides is 1. The summed E-state index contributed by atoms with van der Waals surface area (Å²) in [7, 11) is 0. The summed E-state index contributed by atoms with van der Waals surface area (Å²) in [6.07, 6.45) is 5.63. The van der Waals surface area contributed by atoms with Crippen LogP contribution in [0.15, 0.2) is 16.7 Å². The molecule has 1 aliphatic rings. The first-order valence-electron chi connectivity index (χ1n) is 6.86. The van der Waals surface area contributed by atoms with E-state index in [0.717, 1.165) is 17.6 Å². The maximum absolute atomic E-state index is 12.0. The smallest absolute Gasteiger partial charge is 0.267 e. The second-order valence-electron chi connectivity index (χ2n) is 5.77. The van der Waals surface area contributed by atoms with Crippen LogP contribution in [0.5, 0.6) is 0 Å². The minimum absolute atomic E-state index is 0.0138. The van der Waals surface area contributed by atoms with Crippen molar-refractivity contribution in [1.82, 2.24) is 15.2 Å². The van der Waals surface area contributed by atoms with E-state index >= 15 is 0 Å². The summed E-state index contributed by atoms with van der Waals surface area (Å²) in [4.78, 5) is 17.4. The topological polar surface area (TPSA) is 48.1 Å². The molecule has 0 aliphatic carbocycles. The van der Waals surface area contributed by atoms with Crippen LogP contribution in [0.1, 0.15) is 43.6 Å². The van der Waals surface area contributed by atoms with Gasteiger partial charge in [-0.2, -0.15) is 0 Å². The Morgan fingerprint density at radius 3 is 2.68 bits per heavy atom. The number of likely N-dealkylation sites (tertiary alicyclic amines) is 1. The molecule has 2 heterocycles. The van der Waals surface area contributed by atoms with Crippen molar-refractivity contribution in [2.75, 3.05) is 19.6 Å². The molecule has 0 radical (unpaired) electrons. The van der Waals surface area contributed by atoms with Crippen molar-refractivity contribution in [2.24, 2.45) is 0 Å². The molecule has 1 amide bonds. The predicted octanol–water partition coefficient (Wildman–Crippen LogP) is 2.77. The SMILES string of the molecule is CC(C)(CNC(=O)c1cc(Br)c[nH]1)N1CCCCC1. The van der Waals surface area contributed by atoms with Crippen molar-refractivity contribution in [3.8, 4) is 0 Å². The number of carbonyl (C=O) groups is 1. The molecule has 0 unspecified atom stereocenters. The van der Waals surface area contributed by atoms with E-state index in [9.17, 15) is 4.79 Å². The molecule has 0 aromatic carbocycles. The minimum atomic E-state index is -0.0456. The fourth-order valence-corrected chi connectivity index (χ4v) is 2.85. The quantitative estimate of drug-likeness (QED) is 0.893. The number of hydrogen-bond acceptors (Lipinski definition) is 2. The third kappa shape index (κ3) is 3.83. The van der Waals surface area contributed by atoms with Crippen LogP contribution >= 0.6 is 15.9 Å². The van der Waals surface area contributed by atoms with E-state index in [2.05, 4.69) is 45.0 Å². The number of halogens is 1. The van der Waals surface area contributed by atoms with Crippen LogP contribution in [-0.4, -0.2) is 41.0 Å². The van der Waals surface area contributed by atoms with Crippen LogP contribution in [0, 0.1) is 0 Å². The van der Waals surface area contributed by atoms with Crippen molar-refractivity contribution in [2.45, 2.75) is 38.6 Å². The molecular formula is C14H22BrN3O. The molecule has 2 rings (SSSR count). The molecule has 1 aromatic heterocycles. The number of H-pyrrole nitrogens is 1. The highest BCUT2D eigenvalue weighted by Gasteiger charge is 2.28. The lowest BCUT2D eigenvalue weighted by molar-refractivity contribution is 0.0795. The van der Waals surface area contributed by atoms with Gasteiger partial charge < -0.3 is 10.3 Å². The van der Waals surface area contributed by atoms with Gasteiger partial charge >= 0.3 is 0 Å². The van der Waals surface area contributed by atoms with Crippen molar-refractivity contribution < 1.29 is 4.79 Å². The van der Waals surface area contributed by atoms with Crippen molar-refractivity contribution >= 4 is 21.8 Å². The third-order valence-electron chi connectivity index (χ3n) is 3.79. The van der Waals surface area contributed by atoms with E-state index in [-0.39, 0.29) is 11.4 Å². The Kier molecular flexibility index (Phi) is 4.68. The Morgan fingerprint density at radius 1 is 1.42 bits per heavy atom. The lowest BCUT2D eigenvalue weighted by Gasteiger charge is -2.41. The first-order valence-corrected chi connectivity index (χ1v) is 7.65. The lowest BCUT2D eigenvalue weighted by Crippen LogP contribution is -2.53. The summed E-state index contributed by atoms with van der Waals surface area (Å²) in [6.45, 7) is 7.34. The highest BCUT2D eigenvalue weighted by molar-refractivity contribution is 9.10. The van der Waals surface area contributed by atoms with E-state index in [1.165, 1.54) is 19.3 Å². The maximum Gasteiger partial charge on any atom is 0.267 e. The van der Waals surface area contributed by atoms with E-state index in [1.807, 2.05) is 0 Å². The summed E-state index contributed by atoms with van der Waals surface area (Å²) in [5, 5.41) is 3.02. The van der Waals surface area contributed by atoms with Crippen LogP contribution in [0.3, 0.4) is 0 Å². The molecule has 106 valence electrons. The van der Waals surface area contributed by atoms with Crippen LogP contribution < -0.4 is 5.32 Å². The summed E-state index contributed by atoms with van der Waals surface area (Å²) in [6, 6.07) is 1.79. The molecule has 19 heavy (non-hydrogen) atoms. The highest BCUT2D eigenvalue weighted by atomic mass is 79.9. The summed E-state index contributed by atoms with van der Waals surface area (Å²) >= 11 is 3.33. The van der Waals surface area contributed by atoms with E-state index in [0.29, 0.717) is 12.2 Å². The standard InChI is InChI=1S/C14H22BrN3O/c1-14(2,18-6-4-3-5-7-18)10-17-13(19)12-8-11(15)9-16-12/h8-9,16H,3-7,10H2,1-2H3,(H,17,19). The molecule has 0 bridgehead atoms. The van der Waals surface area contributed by atoms with Gasteiger partial charge in [0, 0.05) is 22.8 Å². The van der Waals surface area contributed by atoms with E-state index in [1.54, 1.807) is 12.3 Å². The van der Waals surface area contributed by atoms with Crippen LogP contribution in [0.25, 0.3) is 0 Å². The fraction of sp³-hybridized carbons (Fsp3) is 0.643. The van der Waals surface area contributed by atoms with Gasteiger partial charge in [-0.1, -0.05) is 6.42 Å². The molecule has 1 aliphatic heterocycles. The first kappa shape index (κ1) is 14.6. The second kappa shape index (κ2) is 6.09. The summed E-state index contributed by atoms with van der Waals surface area (Å²) in [5.41, 5.74) is 0.612. The number of carbonyl (C=O) groups excluding carboxylic acids is 1. The molecule has 4 nitrogen and oxygen atoms in total. The molecule has 2 N–H and O–H groups in total. The van der Waals surface area contributed by atoms with Crippen LogP contribution in [0.4, 0.5) is 0 Å². The maximum atomic E-state index is 12.0. The zero-order valence-electron chi connectivity index (χ0n) is 11.6. The van der Waals surface area contributed by atoms with Gasteiger partial charge in [0.1, 0.15) is 5.69 Å². The van der Waals surface area contributed by atoms with Gasteiger partial charge in [-0.25, -0.2) is 0 Å². The van der Waals surface area contributed by atoms with Crippen molar-refractivity contribution in [3.05, 3.63) is 22.4 Å². The van der Waals surface area contributed by atoms with Crippen LogP contribution in [-0.2, 0) is 0 Å². The second-order valence-corrected chi connectivity index (χ2v) is 6.69. The number of aromatic nitrogens is 1.